The summed E-state index contributed by atoms with van der Waals surface area (Å²) in [7, 11) is 0. The number of nitrogens with one attached hydrogen (secondary N) is 1. The number of nitrogens with two attached hydrogens (primary N) is 1. The number of rotatable bonds is 4. The Morgan fingerprint density at radius 3 is 2.56 bits per heavy atom. The van der Waals surface area contributed by atoms with Crippen molar-refractivity contribution < 1.29 is 13.5 Å². The molecule has 0 saturated heterocycles. The van der Waals surface area contributed by atoms with Crippen LogP contribution in [-0.4, -0.2) is 16.8 Å². The average Bonchev–Trinajstić information content (AvgIpc) is 2.34. The summed E-state index contributed by atoms with van der Waals surface area (Å²) in [6, 6.07) is 9.44. The lowest BCUT2D eigenvalue weighted by molar-refractivity contribution is -0.0493. The fraction of sp³-hybridized carbons (Fsp3) is 0.0909. The van der Waals surface area contributed by atoms with E-state index in [4.69, 9.17) is 5.73 Å². The maximum absolute atomic E-state index is 12.2. The summed E-state index contributed by atoms with van der Waals surface area (Å²) in [6.07, 6.45) is 0. The largest absolute Gasteiger partial charge is 0.433 e. The van der Waals surface area contributed by atoms with Crippen LogP contribution in [0.4, 0.5) is 26.1 Å². The van der Waals surface area contributed by atoms with Crippen molar-refractivity contribution in [1.82, 2.24) is 10.2 Å². The molecule has 0 amide bonds. The van der Waals surface area contributed by atoms with Gasteiger partial charge in [-0.05, 0) is 24.3 Å². The highest BCUT2D eigenvalue weighted by atomic mass is 19.3. The minimum Gasteiger partial charge on any atom is -0.433 e. The number of anilines is 3. The molecule has 18 heavy (non-hydrogen) atoms. The van der Waals surface area contributed by atoms with Crippen molar-refractivity contribution in [3.8, 4) is 5.75 Å². The molecule has 1 aromatic heterocycles. The van der Waals surface area contributed by atoms with E-state index < -0.39 is 6.61 Å². The molecular formula is C11H10F2N4O. The molecule has 2 rings (SSSR count). The van der Waals surface area contributed by atoms with Crippen LogP contribution in [0, 0.1) is 0 Å². The molecule has 2 aromatic rings. The van der Waals surface area contributed by atoms with Gasteiger partial charge in [-0.3, -0.25) is 0 Å². The molecule has 0 aliphatic rings. The summed E-state index contributed by atoms with van der Waals surface area (Å²) in [5, 5.41) is 10.2. The number of ether oxygens (including phenoxy) is 1. The first-order valence-electron chi connectivity index (χ1n) is 5.05. The second kappa shape index (κ2) is 5.26. The second-order valence-corrected chi connectivity index (χ2v) is 3.34. The number of nitrogens with zero attached hydrogens (tertiary/aromatic N) is 2. The van der Waals surface area contributed by atoms with Crippen LogP contribution in [0.3, 0.4) is 0 Å². The van der Waals surface area contributed by atoms with E-state index in [0.717, 1.165) is 0 Å². The number of para-hydroxylation sites is 2. The summed E-state index contributed by atoms with van der Waals surface area (Å²) in [6.45, 7) is -2.88. The number of hydrogen-bond acceptors (Lipinski definition) is 5. The highest BCUT2D eigenvalue weighted by Crippen LogP contribution is 2.27. The van der Waals surface area contributed by atoms with Crippen LogP contribution in [0.1, 0.15) is 0 Å². The molecule has 0 saturated carbocycles. The maximum Gasteiger partial charge on any atom is 0.387 e. The van der Waals surface area contributed by atoms with Crippen LogP contribution in [0.2, 0.25) is 0 Å². The Bertz CT molecular complexity index is 519. The Hall–Kier alpha value is -2.44. The number of alkyl halides is 2. The van der Waals surface area contributed by atoms with E-state index in [9.17, 15) is 8.78 Å². The number of aromatic nitrogens is 2. The zero-order valence-corrected chi connectivity index (χ0v) is 9.18. The molecule has 0 radical (unpaired) electrons. The van der Waals surface area contributed by atoms with Crippen molar-refractivity contribution in [2.24, 2.45) is 0 Å². The Balaban J connectivity index is 2.20. The molecule has 1 aromatic carbocycles. The van der Waals surface area contributed by atoms with Gasteiger partial charge in [0.25, 0.3) is 0 Å². The molecule has 0 atom stereocenters. The molecule has 0 unspecified atom stereocenters. The summed E-state index contributed by atoms with van der Waals surface area (Å²) in [5.41, 5.74) is 5.76. The van der Waals surface area contributed by atoms with Gasteiger partial charge in [0.15, 0.2) is 5.82 Å². The van der Waals surface area contributed by atoms with Crippen LogP contribution in [0.5, 0.6) is 5.75 Å². The summed E-state index contributed by atoms with van der Waals surface area (Å²) >= 11 is 0. The summed E-state index contributed by atoms with van der Waals surface area (Å²) in [4.78, 5) is 0. The van der Waals surface area contributed by atoms with Gasteiger partial charge in [0.2, 0.25) is 0 Å². The van der Waals surface area contributed by atoms with Gasteiger partial charge in [-0.25, -0.2) is 0 Å². The van der Waals surface area contributed by atoms with E-state index in [2.05, 4.69) is 20.3 Å². The highest BCUT2D eigenvalue weighted by molar-refractivity contribution is 5.64. The van der Waals surface area contributed by atoms with Crippen LogP contribution in [0.25, 0.3) is 0 Å². The Morgan fingerprint density at radius 1 is 1.11 bits per heavy atom. The molecule has 3 N–H and O–H groups in total. The van der Waals surface area contributed by atoms with E-state index in [-0.39, 0.29) is 11.6 Å². The standard InChI is InChI=1S/C11H10F2N4O/c12-11(13)18-8-4-2-1-3-7(8)15-10-6-5-9(14)16-17-10/h1-6,11H,(H2,14,16)(H,15,17). The van der Waals surface area contributed by atoms with Crippen molar-refractivity contribution in [3.63, 3.8) is 0 Å². The van der Waals surface area contributed by atoms with Crippen LogP contribution < -0.4 is 15.8 Å². The predicted octanol–water partition coefficient (Wildman–Crippen LogP) is 2.40. The molecule has 0 aliphatic heterocycles. The van der Waals surface area contributed by atoms with Crippen molar-refractivity contribution in [1.29, 1.82) is 0 Å². The van der Waals surface area contributed by atoms with E-state index in [0.29, 0.717) is 11.5 Å². The third-order valence-electron chi connectivity index (χ3n) is 2.05. The molecular weight excluding hydrogens is 242 g/mol. The number of benzene rings is 1. The van der Waals surface area contributed by atoms with Crippen molar-refractivity contribution >= 4 is 17.3 Å². The zero-order valence-electron chi connectivity index (χ0n) is 9.18. The molecule has 0 bridgehead atoms. The zero-order chi connectivity index (χ0) is 13.0. The van der Waals surface area contributed by atoms with Gasteiger partial charge < -0.3 is 15.8 Å². The third kappa shape index (κ3) is 3.03. The summed E-state index contributed by atoms with van der Waals surface area (Å²) < 4.78 is 28.8. The lowest BCUT2D eigenvalue weighted by atomic mass is 10.3. The van der Waals surface area contributed by atoms with Gasteiger partial charge in [0.1, 0.15) is 11.6 Å². The van der Waals surface area contributed by atoms with Gasteiger partial charge in [-0.15, -0.1) is 10.2 Å². The molecule has 1 heterocycles. The molecule has 0 aliphatic carbocycles. The normalized spacial score (nSPS) is 10.4. The van der Waals surface area contributed by atoms with Gasteiger partial charge >= 0.3 is 6.61 Å². The first-order chi connectivity index (χ1) is 8.65. The lowest BCUT2D eigenvalue weighted by Crippen LogP contribution is -2.05. The fourth-order valence-electron chi connectivity index (χ4n) is 1.32. The van der Waals surface area contributed by atoms with Crippen LogP contribution in [0.15, 0.2) is 36.4 Å². The minimum atomic E-state index is -2.88. The molecule has 7 heteroatoms. The second-order valence-electron chi connectivity index (χ2n) is 3.34. The average molecular weight is 252 g/mol. The van der Waals surface area contributed by atoms with E-state index in [1.165, 1.54) is 6.07 Å². The maximum atomic E-state index is 12.2. The lowest BCUT2D eigenvalue weighted by Gasteiger charge is -2.11. The van der Waals surface area contributed by atoms with E-state index in [1.54, 1.807) is 30.3 Å². The molecule has 0 spiro atoms. The van der Waals surface area contributed by atoms with Crippen molar-refractivity contribution in [2.45, 2.75) is 6.61 Å². The van der Waals surface area contributed by atoms with Crippen molar-refractivity contribution in [3.05, 3.63) is 36.4 Å². The monoisotopic (exact) mass is 252 g/mol. The number of nitrogen functional groups attached to an aromatic ring is 1. The number of halogens is 2. The quantitative estimate of drug-likeness (QED) is 0.874. The van der Waals surface area contributed by atoms with Gasteiger partial charge in [0, 0.05) is 0 Å². The Labute approximate surface area is 102 Å². The van der Waals surface area contributed by atoms with Crippen LogP contribution >= 0.6 is 0 Å². The van der Waals surface area contributed by atoms with Crippen molar-refractivity contribution in [2.75, 3.05) is 11.1 Å². The molecule has 94 valence electrons. The highest BCUT2D eigenvalue weighted by Gasteiger charge is 2.09. The predicted molar refractivity (Wildman–Crippen MR) is 62.8 cm³/mol. The minimum absolute atomic E-state index is 0.0334. The molecule has 5 nitrogen and oxygen atoms in total. The third-order valence-corrected chi connectivity index (χ3v) is 2.05. The summed E-state index contributed by atoms with van der Waals surface area (Å²) in [5.74, 6) is 0.693. The smallest absolute Gasteiger partial charge is 0.387 e. The Kier molecular flexibility index (Phi) is 3.52. The fourth-order valence-corrected chi connectivity index (χ4v) is 1.32. The first-order valence-corrected chi connectivity index (χ1v) is 5.05. The van der Waals surface area contributed by atoms with Crippen LogP contribution in [-0.2, 0) is 0 Å². The van der Waals surface area contributed by atoms with Gasteiger partial charge in [-0.1, -0.05) is 12.1 Å². The van der Waals surface area contributed by atoms with Gasteiger partial charge in [0.05, 0.1) is 5.69 Å². The SMILES string of the molecule is Nc1ccc(Nc2ccccc2OC(F)F)nn1. The first kappa shape index (κ1) is 12.0. The number of hydrogen-bond donors (Lipinski definition) is 2. The van der Waals surface area contributed by atoms with E-state index >= 15 is 0 Å². The topological polar surface area (TPSA) is 73.1 Å². The molecule has 0 fully saturated rings. The van der Waals surface area contributed by atoms with Gasteiger partial charge in [-0.2, -0.15) is 8.78 Å². The Morgan fingerprint density at radius 2 is 1.89 bits per heavy atom. The van der Waals surface area contributed by atoms with E-state index in [1.807, 2.05) is 0 Å².